The molecule has 1 heterocycles. The fraction of sp³-hybridized carbons (Fsp3) is 0.350. The average Bonchev–Trinajstić information content (AvgIpc) is 3.43. The molecule has 4 rings (SSSR count). The van der Waals surface area contributed by atoms with E-state index in [9.17, 15) is 9.18 Å². The normalized spacial score (nSPS) is 17.0. The first-order valence-electron chi connectivity index (χ1n) is 8.56. The second-order valence-corrected chi connectivity index (χ2v) is 6.72. The van der Waals surface area contributed by atoms with Gasteiger partial charge in [0.2, 0.25) is 5.91 Å². The Bertz CT molecular complexity index is 784. The molecular formula is C20H20FNO3. The minimum Gasteiger partial charge on any atom is -0.486 e. The fourth-order valence-corrected chi connectivity index (χ4v) is 3.21. The van der Waals surface area contributed by atoms with E-state index in [4.69, 9.17) is 9.47 Å². The lowest BCUT2D eigenvalue weighted by atomic mass is 9.95. The number of amides is 1. The van der Waals surface area contributed by atoms with E-state index in [-0.39, 0.29) is 23.6 Å². The maximum atomic E-state index is 12.9. The summed E-state index contributed by atoms with van der Waals surface area (Å²) >= 11 is 0. The number of hydrogen-bond donors (Lipinski definition) is 1. The summed E-state index contributed by atoms with van der Waals surface area (Å²) in [5.74, 6) is 1.23. The number of rotatable bonds is 5. The van der Waals surface area contributed by atoms with Crippen molar-refractivity contribution >= 4 is 5.91 Å². The molecule has 0 spiro atoms. The summed E-state index contributed by atoms with van der Waals surface area (Å²) in [6, 6.07) is 12.1. The molecule has 25 heavy (non-hydrogen) atoms. The molecule has 5 heteroatoms. The third-order valence-electron chi connectivity index (χ3n) is 4.91. The zero-order valence-corrected chi connectivity index (χ0v) is 13.9. The molecule has 0 aromatic heterocycles. The van der Waals surface area contributed by atoms with Crippen molar-refractivity contribution in [3.8, 4) is 11.5 Å². The standard InChI is InChI=1S/C20H20FNO3/c21-16-4-1-14(2-5-16)11-19(23)22-13-20(7-8-20)15-3-6-17-18(12-15)25-10-9-24-17/h1-6,12H,7-11,13H2,(H,22,23). The smallest absolute Gasteiger partial charge is 0.224 e. The number of carbonyl (C=O) groups is 1. The molecule has 2 aromatic rings. The van der Waals surface area contributed by atoms with E-state index < -0.39 is 0 Å². The molecule has 0 atom stereocenters. The third kappa shape index (κ3) is 3.45. The lowest BCUT2D eigenvalue weighted by molar-refractivity contribution is -0.120. The number of ether oxygens (including phenoxy) is 2. The molecule has 2 aromatic carbocycles. The molecule has 0 saturated heterocycles. The number of fused-ring (bicyclic) bond motifs is 1. The zero-order valence-electron chi connectivity index (χ0n) is 13.9. The number of halogens is 1. The summed E-state index contributed by atoms with van der Waals surface area (Å²) in [6.45, 7) is 1.75. The van der Waals surface area contributed by atoms with E-state index >= 15 is 0 Å². The molecule has 130 valence electrons. The van der Waals surface area contributed by atoms with Crippen LogP contribution in [0.1, 0.15) is 24.0 Å². The Morgan fingerprint density at radius 3 is 2.48 bits per heavy atom. The van der Waals surface area contributed by atoms with Crippen LogP contribution in [0.2, 0.25) is 0 Å². The van der Waals surface area contributed by atoms with E-state index in [1.807, 2.05) is 12.1 Å². The monoisotopic (exact) mass is 341 g/mol. The van der Waals surface area contributed by atoms with Crippen LogP contribution in [-0.4, -0.2) is 25.7 Å². The number of hydrogen-bond acceptors (Lipinski definition) is 3. The summed E-state index contributed by atoms with van der Waals surface area (Å²) < 4.78 is 24.1. The maximum absolute atomic E-state index is 12.9. The topological polar surface area (TPSA) is 47.6 Å². The van der Waals surface area contributed by atoms with Crippen LogP contribution in [0.15, 0.2) is 42.5 Å². The van der Waals surface area contributed by atoms with Crippen molar-refractivity contribution in [1.29, 1.82) is 0 Å². The van der Waals surface area contributed by atoms with Crippen LogP contribution in [0.3, 0.4) is 0 Å². The Labute approximate surface area is 146 Å². The molecule has 1 fully saturated rings. The first kappa shape index (κ1) is 15.9. The van der Waals surface area contributed by atoms with Crippen molar-refractivity contribution in [1.82, 2.24) is 5.32 Å². The molecule has 4 nitrogen and oxygen atoms in total. The Morgan fingerprint density at radius 2 is 1.76 bits per heavy atom. The minimum absolute atomic E-state index is 0.00566. The van der Waals surface area contributed by atoms with E-state index in [1.165, 1.54) is 17.7 Å². The van der Waals surface area contributed by atoms with Crippen LogP contribution in [0.25, 0.3) is 0 Å². The van der Waals surface area contributed by atoms with E-state index in [0.29, 0.717) is 19.8 Å². The van der Waals surface area contributed by atoms with Crippen molar-refractivity contribution in [2.24, 2.45) is 0 Å². The van der Waals surface area contributed by atoms with Gasteiger partial charge in [0.15, 0.2) is 11.5 Å². The lowest BCUT2D eigenvalue weighted by Crippen LogP contribution is -2.33. The average molecular weight is 341 g/mol. The number of benzene rings is 2. The van der Waals surface area contributed by atoms with Gasteiger partial charge in [-0.3, -0.25) is 4.79 Å². The molecule has 1 aliphatic heterocycles. The van der Waals surface area contributed by atoms with Gasteiger partial charge in [-0.25, -0.2) is 4.39 Å². The largest absolute Gasteiger partial charge is 0.486 e. The highest BCUT2D eigenvalue weighted by molar-refractivity contribution is 5.78. The molecule has 1 amide bonds. The highest BCUT2D eigenvalue weighted by atomic mass is 19.1. The first-order valence-corrected chi connectivity index (χ1v) is 8.56. The Hall–Kier alpha value is -2.56. The van der Waals surface area contributed by atoms with Crippen molar-refractivity contribution in [3.05, 3.63) is 59.4 Å². The number of carbonyl (C=O) groups excluding carboxylic acids is 1. The molecular weight excluding hydrogens is 321 g/mol. The van der Waals surface area contributed by atoms with Crippen LogP contribution in [-0.2, 0) is 16.6 Å². The fourth-order valence-electron chi connectivity index (χ4n) is 3.21. The van der Waals surface area contributed by atoms with E-state index in [0.717, 1.165) is 29.9 Å². The quantitative estimate of drug-likeness (QED) is 0.909. The van der Waals surface area contributed by atoms with Gasteiger partial charge in [-0.15, -0.1) is 0 Å². The molecule has 0 radical (unpaired) electrons. The van der Waals surface area contributed by atoms with Gasteiger partial charge in [0, 0.05) is 12.0 Å². The Balaban J connectivity index is 1.38. The van der Waals surface area contributed by atoms with Gasteiger partial charge < -0.3 is 14.8 Å². The molecule has 1 saturated carbocycles. The lowest BCUT2D eigenvalue weighted by Gasteiger charge is -2.22. The Kier molecular flexibility index (Phi) is 4.07. The zero-order chi connectivity index (χ0) is 17.3. The minimum atomic E-state index is -0.292. The van der Waals surface area contributed by atoms with Crippen molar-refractivity contribution < 1.29 is 18.7 Å². The van der Waals surface area contributed by atoms with Crippen LogP contribution < -0.4 is 14.8 Å². The first-order chi connectivity index (χ1) is 12.1. The van der Waals surface area contributed by atoms with Gasteiger partial charge >= 0.3 is 0 Å². The summed E-state index contributed by atoms with van der Waals surface area (Å²) in [5, 5.41) is 3.02. The SMILES string of the molecule is O=C(Cc1ccc(F)cc1)NCC1(c2ccc3c(c2)OCCO3)CC1. The van der Waals surface area contributed by atoms with Gasteiger partial charge in [-0.05, 0) is 48.2 Å². The molecule has 0 unspecified atom stereocenters. The molecule has 0 bridgehead atoms. The summed E-state index contributed by atoms with van der Waals surface area (Å²) in [6.07, 6.45) is 2.35. The van der Waals surface area contributed by atoms with Crippen molar-refractivity contribution in [3.63, 3.8) is 0 Å². The second kappa shape index (κ2) is 6.39. The van der Waals surface area contributed by atoms with Gasteiger partial charge in [-0.1, -0.05) is 18.2 Å². The molecule has 1 N–H and O–H groups in total. The summed E-state index contributed by atoms with van der Waals surface area (Å²) in [4.78, 5) is 12.2. The second-order valence-electron chi connectivity index (χ2n) is 6.72. The summed E-state index contributed by atoms with van der Waals surface area (Å²) in [7, 11) is 0. The highest BCUT2D eigenvalue weighted by Crippen LogP contribution is 2.49. The van der Waals surface area contributed by atoms with Crippen molar-refractivity contribution in [2.45, 2.75) is 24.7 Å². The van der Waals surface area contributed by atoms with E-state index in [2.05, 4.69) is 11.4 Å². The highest BCUT2D eigenvalue weighted by Gasteiger charge is 2.44. The van der Waals surface area contributed by atoms with Crippen LogP contribution >= 0.6 is 0 Å². The third-order valence-corrected chi connectivity index (χ3v) is 4.91. The maximum Gasteiger partial charge on any atom is 0.224 e. The molecule has 2 aliphatic rings. The Morgan fingerprint density at radius 1 is 1.04 bits per heavy atom. The van der Waals surface area contributed by atoms with Crippen LogP contribution in [0.5, 0.6) is 11.5 Å². The van der Waals surface area contributed by atoms with Gasteiger partial charge in [0.25, 0.3) is 0 Å². The van der Waals surface area contributed by atoms with Gasteiger partial charge in [-0.2, -0.15) is 0 Å². The predicted molar refractivity (Wildman–Crippen MR) is 91.5 cm³/mol. The van der Waals surface area contributed by atoms with E-state index in [1.54, 1.807) is 12.1 Å². The van der Waals surface area contributed by atoms with Gasteiger partial charge in [0.05, 0.1) is 6.42 Å². The van der Waals surface area contributed by atoms with Crippen LogP contribution in [0.4, 0.5) is 4.39 Å². The summed E-state index contributed by atoms with van der Waals surface area (Å²) in [5.41, 5.74) is 1.98. The molecule has 1 aliphatic carbocycles. The van der Waals surface area contributed by atoms with Crippen molar-refractivity contribution in [2.75, 3.05) is 19.8 Å². The van der Waals surface area contributed by atoms with Crippen LogP contribution in [0, 0.1) is 5.82 Å². The predicted octanol–water partition coefficient (Wildman–Crippen LogP) is 2.99. The van der Waals surface area contributed by atoms with Gasteiger partial charge in [0.1, 0.15) is 19.0 Å². The number of nitrogens with one attached hydrogen (secondary N) is 1.